The van der Waals surface area contributed by atoms with Gasteiger partial charge >= 0.3 is 0 Å². The Morgan fingerprint density at radius 2 is 1.81 bits per heavy atom. The average molecular weight is 497 g/mol. The van der Waals surface area contributed by atoms with E-state index in [9.17, 15) is 12.8 Å². The molecule has 6 nitrogen and oxygen atoms in total. The summed E-state index contributed by atoms with van der Waals surface area (Å²) in [5, 5.41) is 2.09. The number of sulfone groups is 1. The van der Waals surface area contributed by atoms with Gasteiger partial charge in [-0.1, -0.05) is 11.6 Å². The standard InChI is InChI=1S/C22H22ClFN2O4S2/c1-29-20-6-3-14(11-21(20)30-2)19-13-31-22(25-19)26-9-7-15(8-10-26)32(27,28)16-4-5-18(24)17(23)12-16/h3-6,11-13,15H,7-10H2,1-2H3. The zero-order chi connectivity index (χ0) is 22.9. The minimum absolute atomic E-state index is 0.0623. The summed E-state index contributed by atoms with van der Waals surface area (Å²) in [5.74, 6) is 0.651. The quantitative estimate of drug-likeness (QED) is 0.444. The van der Waals surface area contributed by atoms with E-state index in [2.05, 4.69) is 4.90 Å². The molecule has 1 fully saturated rings. The first-order valence-electron chi connectivity index (χ1n) is 9.95. The normalized spacial score (nSPS) is 15.1. The molecule has 1 saturated heterocycles. The SMILES string of the molecule is COc1ccc(-c2csc(N3CCC(S(=O)(=O)c4ccc(F)c(Cl)c4)CC3)n2)cc1OC. The molecule has 10 heteroatoms. The molecule has 170 valence electrons. The number of ether oxygens (including phenoxy) is 2. The number of nitrogens with zero attached hydrogens (tertiary/aromatic N) is 2. The maximum atomic E-state index is 13.4. The second kappa shape index (κ2) is 9.25. The number of rotatable bonds is 6. The highest BCUT2D eigenvalue weighted by atomic mass is 35.5. The van der Waals surface area contributed by atoms with Crippen LogP contribution in [0.4, 0.5) is 9.52 Å². The van der Waals surface area contributed by atoms with Gasteiger partial charge in [-0.15, -0.1) is 11.3 Å². The Kier molecular flexibility index (Phi) is 6.60. The Balaban J connectivity index is 1.46. The topological polar surface area (TPSA) is 68.7 Å². The lowest BCUT2D eigenvalue weighted by Crippen LogP contribution is -2.39. The molecule has 0 amide bonds. The number of hydrogen-bond acceptors (Lipinski definition) is 7. The van der Waals surface area contributed by atoms with Crippen LogP contribution in [0.1, 0.15) is 12.8 Å². The Morgan fingerprint density at radius 3 is 2.47 bits per heavy atom. The second-order valence-corrected chi connectivity index (χ2v) is 10.9. The van der Waals surface area contributed by atoms with Crippen molar-refractivity contribution in [2.75, 3.05) is 32.2 Å². The molecule has 3 aromatic rings. The van der Waals surface area contributed by atoms with Crippen LogP contribution in [0.2, 0.25) is 5.02 Å². The summed E-state index contributed by atoms with van der Waals surface area (Å²) in [4.78, 5) is 6.90. The summed E-state index contributed by atoms with van der Waals surface area (Å²) < 4.78 is 50.0. The molecule has 2 heterocycles. The maximum absolute atomic E-state index is 13.4. The highest BCUT2D eigenvalue weighted by Gasteiger charge is 2.32. The van der Waals surface area contributed by atoms with E-state index in [0.29, 0.717) is 37.4 Å². The summed E-state index contributed by atoms with van der Waals surface area (Å²) >= 11 is 7.30. The molecule has 1 aromatic heterocycles. The van der Waals surface area contributed by atoms with E-state index in [0.717, 1.165) is 22.5 Å². The molecule has 0 aliphatic carbocycles. The smallest absolute Gasteiger partial charge is 0.185 e. The molecule has 0 atom stereocenters. The lowest BCUT2D eigenvalue weighted by molar-refractivity contribution is 0.355. The number of hydrogen-bond donors (Lipinski definition) is 0. The zero-order valence-electron chi connectivity index (χ0n) is 17.5. The van der Waals surface area contributed by atoms with Gasteiger partial charge in [-0.05, 0) is 49.2 Å². The molecule has 0 spiro atoms. The van der Waals surface area contributed by atoms with Gasteiger partial charge in [0.25, 0.3) is 0 Å². The predicted octanol–water partition coefficient (Wildman–Crippen LogP) is 5.06. The lowest BCUT2D eigenvalue weighted by atomic mass is 10.1. The molecule has 1 aliphatic heterocycles. The minimum Gasteiger partial charge on any atom is -0.493 e. The Hall–Kier alpha value is -2.36. The molecule has 0 unspecified atom stereocenters. The number of piperidine rings is 1. The first kappa shape index (κ1) is 22.8. The molecule has 32 heavy (non-hydrogen) atoms. The van der Waals surface area contributed by atoms with E-state index in [1.54, 1.807) is 14.2 Å². The summed E-state index contributed by atoms with van der Waals surface area (Å²) in [7, 11) is -0.400. The van der Waals surface area contributed by atoms with Crippen molar-refractivity contribution >= 4 is 37.9 Å². The van der Waals surface area contributed by atoms with Crippen LogP contribution in [0, 0.1) is 5.82 Å². The number of halogens is 2. The highest BCUT2D eigenvalue weighted by Crippen LogP contribution is 2.35. The third kappa shape index (κ3) is 4.42. The van der Waals surface area contributed by atoms with Crippen LogP contribution in [0.5, 0.6) is 11.5 Å². The average Bonchev–Trinajstić information content (AvgIpc) is 3.30. The van der Waals surface area contributed by atoms with Crippen LogP contribution in [0.25, 0.3) is 11.3 Å². The van der Waals surface area contributed by atoms with Gasteiger partial charge in [0.1, 0.15) is 5.82 Å². The molecule has 0 saturated carbocycles. The molecule has 0 N–H and O–H groups in total. The zero-order valence-corrected chi connectivity index (χ0v) is 19.9. The van der Waals surface area contributed by atoms with Gasteiger partial charge in [0, 0.05) is 24.0 Å². The fraction of sp³-hybridized carbons (Fsp3) is 0.318. The van der Waals surface area contributed by atoms with Gasteiger partial charge in [0.15, 0.2) is 26.5 Å². The maximum Gasteiger partial charge on any atom is 0.185 e. The predicted molar refractivity (Wildman–Crippen MR) is 124 cm³/mol. The van der Waals surface area contributed by atoms with E-state index in [1.165, 1.54) is 23.5 Å². The Morgan fingerprint density at radius 1 is 1.09 bits per heavy atom. The van der Waals surface area contributed by atoms with Crippen LogP contribution in [-0.2, 0) is 9.84 Å². The van der Waals surface area contributed by atoms with Gasteiger partial charge < -0.3 is 14.4 Å². The number of methoxy groups -OCH3 is 2. The van der Waals surface area contributed by atoms with Gasteiger partial charge in [-0.2, -0.15) is 0 Å². The molecule has 4 rings (SSSR count). The molecule has 0 radical (unpaired) electrons. The molecule has 0 bridgehead atoms. The number of benzene rings is 2. The van der Waals surface area contributed by atoms with Crippen molar-refractivity contribution in [2.24, 2.45) is 0 Å². The van der Waals surface area contributed by atoms with E-state index in [4.69, 9.17) is 26.1 Å². The van der Waals surface area contributed by atoms with Crippen molar-refractivity contribution < 1.29 is 22.3 Å². The van der Waals surface area contributed by atoms with Crippen LogP contribution >= 0.6 is 22.9 Å². The molecule has 2 aromatic carbocycles. The van der Waals surface area contributed by atoms with Crippen molar-refractivity contribution in [3.8, 4) is 22.8 Å². The van der Waals surface area contributed by atoms with Crippen LogP contribution in [-0.4, -0.2) is 46.0 Å². The monoisotopic (exact) mass is 496 g/mol. The largest absolute Gasteiger partial charge is 0.493 e. The third-order valence-corrected chi connectivity index (χ3v) is 8.99. The second-order valence-electron chi connectivity index (χ2n) is 7.39. The van der Waals surface area contributed by atoms with Gasteiger partial charge in [-0.25, -0.2) is 17.8 Å². The Bertz CT molecular complexity index is 1220. The van der Waals surface area contributed by atoms with E-state index >= 15 is 0 Å². The van der Waals surface area contributed by atoms with Gasteiger partial charge in [0.2, 0.25) is 0 Å². The van der Waals surface area contributed by atoms with E-state index in [1.807, 2.05) is 23.6 Å². The van der Waals surface area contributed by atoms with Crippen molar-refractivity contribution in [1.29, 1.82) is 0 Å². The molecular weight excluding hydrogens is 475 g/mol. The summed E-state index contributed by atoms with van der Waals surface area (Å²) in [5.41, 5.74) is 1.73. The number of thiazole rings is 1. The fourth-order valence-corrected chi connectivity index (χ4v) is 6.63. The first-order chi connectivity index (χ1) is 15.3. The number of anilines is 1. The summed E-state index contributed by atoms with van der Waals surface area (Å²) in [6.07, 6.45) is 0.922. The van der Waals surface area contributed by atoms with Crippen LogP contribution in [0.15, 0.2) is 46.7 Å². The molecular formula is C22H22ClFN2O4S2. The summed E-state index contributed by atoms with van der Waals surface area (Å²) in [6, 6.07) is 9.20. The van der Waals surface area contributed by atoms with Crippen molar-refractivity contribution in [1.82, 2.24) is 4.98 Å². The number of aromatic nitrogens is 1. The van der Waals surface area contributed by atoms with E-state index in [-0.39, 0.29) is 9.92 Å². The van der Waals surface area contributed by atoms with Crippen molar-refractivity contribution in [3.05, 3.63) is 52.6 Å². The lowest BCUT2D eigenvalue weighted by Gasteiger charge is -2.31. The first-order valence-corrected chi connectivity index (χ1v) is 12.8. The van der Waals surface area contributed by atoms with Gasteiger partial charge in [-0.3, -0.25) is 0 Å². The highest BCUT2D eigenvalue weighted by molar-refractivity contribution is 7.92. The van der Waals surface area contributed by atoms with Crippen LogP contribution < -0.4 is 14.4 Å². The third-order valence-electron chi connectivity index (χ3n) is 5.54. The van der Waals surface area contributed by atoms with Crippen molar-refractivity contribution in [3.63, 3.8) is 0 Å². The van der Waals surface area contributed by atoms with Crippen LogP contribution in [0.3, 0.4) is 0 Å². The van der Waals surface area contributed by atoms with Crippen molar-refractivity contribution in [2.45, 2.75) is 23.0 Å². The minimum atomic E-state index is -3.58. The fourth-order valence-electron chi connectivity index (χ4n) is 3.74. The Labute approximate surface area is 195 Å². The summed E-state index contributed by atoms with van der Waals surface area (Å²) in [6.45, 7) is 1.13. The van der Waals surface area contributed by atoms with Gasteiger partial charge in [0.05, 0.1) is 35.1 Å². The molecule has 1 aliphatic rings. The van der Waals surface area contributed by atoms with E-state index < -0.39 is 20.9 Å².